The van der Waals surface area contributed by atoms with Crippen LogP contribution >= 0.6 is 0 Å². The zero-order valence-electron chi connectivity index (χ0n) is 9.34. The fraction of sp³-hybridized carbons (Fsp3) is 0.333. The van der Waals surface area contributed by atoms with Gasteiger partial charge >= 0.3 is 6.01 Å². The maximum Gasteiger partial charge on any atom is 0.315 e. The summed E-state index contributed by atoms with van der Waals surface area (Å²) in [5.74, 6) is 0.444. The number of hydrogen-bond donors (Lipinski definition) is 2. The first-order chi connectivity index (χ1) is 8.33. The molecule has 17 heavy (non-hydrogen) atoms. The molecule has 2 aromatic rings. The van der Waals surface area contributed by atoms with Crippen LogP contribution in [-0.4, -0.2) is 16.2 Å². The monoisotopic (exact) mass is 230 g/mol. The van der Waals surface area contributed by atoms with Crippen molar-refractivity contribution < 1.29 is 4.42 Å². The third-order valence-corrected chi connectivity index (χ3v) is 2.77. The molecule has 1 fully saturated rings. The number of nitrogens with zero attached hydrogens (tertiary/aromatic N) is 2. The van der Waals surface area contributed by atoms with Crippen molar-refractivity contribution in [3.05, 3.63) is 41.8 Å². The second-order valence-corrected chi connectivity index (χ2v) is 4.25. The molecule has 1 aliphatic carbocycles. The van der Waals surface area contributed by atoms with E-state index in [1.807, 2.05) is 30.3 Å². The minimum atomic E-state index is -0.363. The van der Waals surface area contributed by atoms with Crippen molar-refractivity contribution in [2.45, 2.75) is 24.9 Å². The molecule has 1 aromatic carbocycles. The number of hydrogen-bond acceptors (Lipinski definition) is 5. The summed E-state index contributed by atoms with van der Waals surface area (Å²) in [5, 5.41) is 11.1. The lowest BCUT2D eigenvalue weighted by Gasteiger charge is -2.06. The third-order valence-electron chi connectivity index (χ3n) is 2.77. The first-order valence-corrected chi connectivity index (χ1v) is 5.73. The Balaban J connectivity index is 1.76. The fourth-order valence-corrected chi connectivity index (χ4v) is 1.62. The van der Waals surface area contributed by atoms with Gasteiger partial charge in [0.2, 0.25) is 5.89 Å². The van der Waals surface area contributed by atoms with E-state index < -0.39 is 0 Å². The molecule has 0 bridgehead atoms. The Morgan fingerprint density at radius 2 is 2.00 bits per heavy atom. The Labute approximate surface area is 99.0 Å². The van der Waals surface area contributed by atoms with E-state index in [-0.39, 0.29) is 6.04 Å². The van der Waals surface area contributed by atoms with Gasteiger partial charge in [0.05, 0.1) is 0 Å². The Morgan fingerprint density at radius 1 is 1.24 bits per heavy atom. The van der Waals surface area contributed by atoms with Crippen LogP contribution in [0.3, 0.4) is 0 Å². The average Bonchev–Trinajstić information content (AvgIpc) is 3.06. The van der Waals surface area contributed by atoms with E-state index in [1.165, 1.54) is 12.8 Å². The van der Waals surface area contributed by atoms with Gasteiger partial charge in [0.15, 0.2) is 0 Å². The van der Waals surface area contributed by atoms with Crippen LogP contribution in [0.1, 0.15) is 30.3 Å². The van der Waals surface area contributed by atoms with Crippen LogP contribution in [-0.2, 0) is 0 Å². The quantitative estimate of drug-likeness (QED) is 0.835. The molecular weight excluding hydrogens is 216 g/mol. The fourth-order valence-electron chi connectivity index (χ4n) is 1.62. The number of aromatic nitrogens is 2. The van der Waals surface area contributed by atoms with Crippen LogP contribution in [0.4, 0.5) is 6.01 Å². The van der Waals surface area contributed by atoms with Gasteiger partial charge in [-0.3, -0.25) is 0 Å². The SMILES string of the molecule is NC(c1ccccc1)c1nnc(NC2CC2)o1. The smallest absolute Gasteiger partial charge is 0.315 e. The Hall–Kier alpha value is -1.88. The molecule has 0 spiro atoms. The molecular formula is C12H14N4O. The molecule has 1 aromatic heterocycles. The van der Waals surface area contributed by atoms with E-state index in [1.54, 1.807) is 0 Å². The van der Waals surface area contributed by atoms with Crippen molar-refractivity contribution >= 4 is 6.01 Å². The molecule has 3 rings (SSSR count). The number of benzene rings is 1. The van der Waals surface area contributed by atoms with Crippen LogP contribution in [0, 0.1) is 0 Å². The second kappa shape index (κ2) is 4.18. The minimum absolute atomic E-state index is 0.363. The van der Waals surface area contributed by atoms with Crippen molar-refractivity contribution in [3.63, 3.8) is 0 Å². The highest BCUT2D eigenvalue weighted by Gasteiger charge is 2.24. The predicted molar refractivity (Wildman–Crippen MR) is 63.4 cm³/mol. The number of rotatable bonds is 4. The van der Waals surface area contributed by atoms with Gasteiger partial charge in [-0.25, -0.2) is 0 Å². The largest absolute Gasteiger partial charge is 0.406 e. The van der Waals surface area contributed by atoms with Gasteiger partial charge in [0.1, 0.15) is 6.04 Å². The maximum absolute atomic E-state index is 6.05. The van der Waals surface area contributed by atoms with E-state index in [0.717, 1.165) is 5.56 Å². The summed E-state index contributed by atoms with van der Waals surface area (Å²) in [6.07, 6.45) is 2.34. The molecule has 1 unspecified atom stereocenters. The summed E-state index contributed by atoms with van der Waals surface area (Å²) >= 11 is 0. The Morgan fingerprint density at radius 3 is 2.71 bits per heavy atom. The number of nitrogens with one attached hydrogen (secondary N) is 1. The topological polar surface area (TPSA) is 77.0 Å². The molecule has 0 amide bonds. The summed E-state index contributed by atoms with van der Waals surface area (Å²) in [6, 6.07) is 10.3. The van der Waals surface area contributed by atoms with Gasteiger partial charge in [0, 0.05) is 6.04 Å². The number of anilines is 1. The van der Waals surface area contributed by atoms with E-state index >= 15 is 0 Å². The normalized spacial score (nSPS) is 16.8. The van der Waals surface area contributed by atoms with Gasteiger partial charge in [-0.1, -0.05) is 35.4 Å². The van der Waals surface area contributed by atoms with Gasteiger partial charge in [0.25, 0.3) is 0 Å². The van der Waals surface area contributed by atoms with E-state index in [9.17, 15) is 0 Å². The van der Waals surface area contributed by atoms with E-state index in [4.69, 9.17) is 10.2 Å². The summed E-state index contributed by atoms with van der Waals surface area (Å²) < 4.78 is 5.49. The average molecular weight is 230 g/mol. The van der Waals surface area contributed by atoms with Crippen LogP contribution in [0.15, 0.2) is 34.7 Å². The predicted octanol–water partition coefficient (Wildman–Crippen LogP) is 1.69. The van der Waals surface area contributed by atoms with E-state index in [0.29, 0.717) is 17.9 Å². The first-order valence-electron chi connectivity index (χ1n) is 5.73. The van der Waals surface area contributed by atoms with Crippen molar-refractivity contribution in [3.8, 4) is 0 Å². The number of nitrogens with two attached hydrogens (primary N) is 1. The van der Waals surface area contributed by atoms with Gasteiger partial charge in [-0.15, -0.1) is 5.10 Å². The maximum atomic E-state index is 6.05. The van der Waals surface area contributed by atoms with Crippen molar-refractivity contribution in [2.24, 2.45) is 5.73 Å². The molecule has 1 saturated carbocycles. The molecule has 0 saturated heterocycles. The summed E-state index contributed by atoms with van der Waals surface area (Å²) in [4.78, 5) is 0. The summed E-state index contributed by atoms with van der Waals surface area (Å²) in [5.41, 5.74) is 7.02. The molecule has 1 heterocycles. The molecule has 1 aliphatic rings. The zero-order chi connectivity index (χ0) is 11.7. The summed E-state index contributed by atoms with van der Waals surface area (Å²) in [6.45, 7) is 0. The third kappa shape index (κ3) is 2.29. The first kappa shape index (κ1) is 10.3. The lowest BCUT2D eigenvalue weighted by Crippen LogP contribution is -2.12. The molecule has 88 valence electrons. The lowest BCUT2D eigenvalue weighted by molar-refractivity contribution is 0.483. The van der Waals surface area contributed by atoms with Crippen LogP contribution in [0.25, 0.3) is 0 Å². The highest BCUT2D eigenvalue weighted by Crippen LogP contribution is 2.25. The van der Waals surface area contributed by atoms with Gasteiger partial charge in [-0.2, -0.15) is 0 Å². The molecule has 3 N–H and O–H groups in total. The van der Waals surface area contributed by atoms with Crippen LogP contribution in [0.2, 0.25) is 0 Å². The van der Waals surface area contributed by atoms with Crippen LogP contribution in [0.5, 0.6) is 0 Å². The van der Waals surface area contributed by atoms with Crippen LogP contribution < -0.4 is 11.1 Å². The van der Waals surface area contributed by atoms with Crippen molar-refractivity contribution in [1.82, 2.24) is 10.2 Å². The van der Waals surface area contributed by atoms with Gasteiger partial charge in [-0.05, 0) is 18.4 Å². The molecule has 5 nitrogen and oxygen atoms in total. The van der Waals surface area contributed by atoms with Crippen molar-refractivity contribution in [1.29, 1.82) is 0 Å². The standard InChI is InChI=1S/C12H14N4O/c13-10(8-4-2-1-3-5-8)11-15-16-12(17-11)14-9-6-7-9/h1-5,9-10H,6-7,13H2,(H,14,16). The lowest BCUT2D eigenvalue weighted by atomic mass is 10.1. The van der Waals surface area contributed by atoms with E-state index in [2.05, 4.69) is 15.5 Å². The Kier molecular flexibility index (Phi) is 2.53. The minimum Gasteiger partial charge on any atom is -0.406 e. The summed E-state index contributed by atoms with van der Waals surface area (Å²) in [7, 11) is 0. The molecule has 0 radical (unpaired) electrons. The highest BCUT2D eigenvalue weighted by molar-refractivity contribution is 5.26. The molecule has 1 atom stereocenters. The van der Waals surface area contributed by atoms with Crippen molar-refractivity contribution in [2.75, 3.05) is 5.32 Å². The zero-order valence-corrected chi connectivity index (χ0v) is 9.34. The molecule has 5 heteroatoms. The highest BCUT2D eigenvalue weighted by atomic mass is 16.4. The Bertz CT molecular complexity index is 492. The van der Waals surface area contributed by atoms with Gasteiger partial charge < -0.3 is 15.5 Å². The molecule has 0 aliphatic heterocycles. The second-order valence-electron chi connectivity index (χ2n) is 4.25.